The van der Waals surface area contributed by atoms with Gasteiger partial charge in [-0.05, 0) is 51.7 Å². The first kappa shape index (κ1) is 16.9. The summed E-state index contributed by atoms with van der Waals surface area (Å²) in [5.41, 5.74) is 0.652. The molecule has 2 N–H and O–H groups in total. The normalized spacial score (nSPS) is 16.4. The van der Waals surface area contributed by atoms with Crippen LogP contribution in [0.25, 0.3) is 0 Å². The molecule has 0 bridgehead atoms. The van der Waals surface area contributed by atoms with Crippen molar-refractivity contribution < 1.29 is 8.42 Å². The second kappa shape index (κ2) is 6.36. The van der Waals surface area contributed by atoms with Crippen molar-refractivity contribution in [2.75, 3.05) is 0 Å². The zero-order valence-corrected chi connectivity index (χ0v) is 15.0. The van der Waals surface area contributed by atoms with Crippen LogP contribution >= 0.6 is 11.3 Å². The van der Waals surface area contributed by atoms with Gasteiger partial charge in [-0.1, -0.05) is 13.3 Å². The van der Waals surface area contributed by atoms with E-state index in [1.54, 1.807) is 6.07 Å². The number of nitrogens with one attached hydrogen (secondary N) is 2. The van der Waals surface area contributed by atoms with Crippen molar-refractivity contribution in [1.82, 2.24) is 10.0 Å². The molecule has 1 saturated carbocycles. The quantitative estimate of drug-likeness (QED) is 0.770. The highest BCUT2D eigenvalue weighted by Gasteiger charge is 2.27. The number of hydrogen-bond donors (Lipinski definition) is 2. The molecule has 0 aliphatic heterocycles. The molecule has 1 aliphatic rings. The Morgan fingerprint density at radius 3 is 2.62 bits per heavy atom. The average Bonchev–Trinajstić information content (AvgIpc) is 3.08. The molecule has 21 heavy (non-hydrogen) atoms. The first-order chi connectivity index (χ1) is 9.73. The van der Waals surface area contributed by atoms with Gasteiger partial charge in [0.05, 0.1) is 0 Å². The topological polar surface area (TPSA) is 58.2 Å². The van der Waals surface area contributed by atoms with E-state index in [1.807, 2.05) is 20.8 Å². The Bertz CT molecular complexity index is 587. The van der Waals surface area contributed by atoms with Gasteiger partial charge in [-0.3, -0.25) is 0 Å². The Kier molecular flexibility index (Phi) is 5.13. The van der Waals surface area contributed by atoms with E-state index in [9.17, 15) is 8.42 Å². The van der Waals surface area contributed by atoms with Crippen LogP contribution in [0.1, 0.15) is 56.9 Å². The number of aryl methyl sites for hydroxylation is 1. The van der Waals surface area contributed by atoms with Crippen LogP contribution in [0.4, 0.5) is 0 Å². The monoisotopic (exact) mass is 330 g/mol. The standard InChI is InChI=1S/C15H26N2O2S2/c1-5-8-15(3,4)17-21(18,19)14-9-11(2)13(20-14)10-16-12-6-7-12/h9,12,16-17H,5-8,10H2,1-4H3. The van der Waals surface area contributed by atoms with E-state index in [0.717, 1.165) is 29.8 Å². The van der Waals surface area contributed by atoms with Crippen molar-refractivity contribution in [3.05, 3.63) is 16.5 Å². The summed E-state index contributed by atoms with van der Waals surface area (Å²) < 4.78 is 28.3. The fraction of sp³-hybridized carbons (Fsp3) is 0.733. The lowest BCUT2D eigenvalue weighted by Gasteiger charge is -2.24. The largest absolute Gasteiger partial charge is 0.309 e. The zero-order chi connectivity index (χ0) is 15.7. The second-order valence-corrected chi connectivity index (χ2v) is 9.61. The third kappa shape index (κ3) is 4.77. The molecule has 0 radical (unpaired) electrons. The van der Waals surface area contributed by atoms with Gasteiger partial charge in [-0.2, -0.15) is 0 Å². The Hall–Kier alpha value is -0.430. The van der Waals surface area contributed by atoms with E-state index in [4.69, 9.17) is 0 Å². The molecule has 0 amide bonds. The predicted octanol–water partition coefficient (Wildman–Crippen LogP) is 3.17. The van der Waals surface area contributed by atoms with Crippen LogP contribution in [0.5, 0.6) is 0 Å². The minimum Gasteiger partial charge on any atom is -0.309 e. The SMILES string of the molecule is CCCC(C)(C)NS(=O)(=O)c1cc(C)c(CNC2CC2)s1. The maximum Gasteiger partial charge on any atom is 0.250 e. The third-order valence-electron chi connectivity index (χ3n) is 3.68. The van der Waals surface area contributed by atoms with Gasteiger partial charge < -0.3 is 5.32 Å². The second-order valence-electron chi connectivity index (χ2n) is 6.57. The van der Waals surface area contributed by atoms with Crippen LogP contribution in [0, 0.1) is 6.92 Å². The maximum absolute atomic E-state index is 12.5. The highest BCUT2D eigenvalue weighted by molar-refractivity contribution is 7.91. The van der Waals surface area contributed by atoms with E-state index in [-0.39, 0.29) is 0 Å². The van der Waals surface area contributed by atoms with Crippen molar-refractivity contribution in [1.29, 1.82) is 0 Å². The van der Waals surface area contributed by atoms with E-state index < -0.39 is 15.6 Å². The smallest absolute Gasteiger partial charge is 0.250 e. The van der Waals surface area contributed by atoms with E-state index in [2.05, 4.69) is 17.0 Å². The van der Waals surface area contributed by atoms with E-state index in [1.165, 1.54) is 24.2 Å². The summed E-state index contributed by atoms with van der Waals surface area (Å²) in [5.74, 6) is 0. The van der Waals surface area contributed by atoms with Crippen molar-refractivity contribution >= 4 is 21.4 Å². The van der Waals surface area contributed by atoms with Crippen LogP contribution in [0.3, 0.4) is 0 Å². The van der Waals surface area contributed by atoms with Crippen LogP contribution in [-0.2, 0) is 16.6 Å². The third-order valence-corrected chi connectivity index (χ3v) is 7.09. The Morgan fingerprint density at radius 2 is 2.05 bits per heavy atom. The average molecular weight is 331 g/mol. The van der Waals surface area contributed by atoms with Gasteiger partial charge >= 0.3 is 0 Å². The van der Waals surface area contributed by atoms with Crippen LogP contribution in [-0.4, -0.2) is 20.0 Å². The molecule has 1 aromatic heterocycles. The summed E-state index contributed by atoms with van der Waals surface area (Å²) in [6.45, 7) is 8.69. The molecular weight excluding hydrogens is 304 g/mol. The molecule has 0 atom stereocenters. The lowest BCUT2D eigenvalue weighted by molar-refractivity contribution is 0.418. The molecular formula is C15H26N2O2S2. The highest BCUT2D eigenvalue weighted by Crippen LogP contribution is 2.28. The number of rotatable bonds is 8. The molecule has 2 rings (SSSR count). The molecule has 1 aromatic rings. The van der Waals surface area contributed by atoms with Crippen molar-refractivity contribution in [2.24, 2.45) is 0 Å². The van der Waals surface area contributed by atoms with Crippen LogP contribution in [0.2, 0.25) is 0 Å². The fourth-order valence-electron chi connectivity index (χ4n) is 2.41. The minimum atomic E-state index is -3.42. The Labute approximate surface area is 132 Å². The summed E-state index contributed by atoms with van der Waals surface area (Å²) in [6, 6.07) is 2.42. The molecule has 0 aromatic carbocycles. The first-order valence-electron chi connectivity index (χ1n) is 7.60. The van der Waals surface area contributed by atoms with Gasteiger partial charge in [0, 0.05) is 23.0 Å². The first-order valence-corrected chi connectivity index (χ1v) is 9.90. The van der Waals surface area contributed by atoms with Crippen molar-refractivity contribution in [2.45, 2.75) is 75.7 Å². The molecule has 6 heteroatoms. The lowest BCUT2D eigenvalue weighted by Crippen LogP contribution is -2.42. The summed E-state index contributed by atoms with van der Waals surface area (Å²) >= 11 is 1.38. The van der Waals surface area contributed by atoms with Gasteiger partial charge in [0.2, 0.25) is 0 Å². The minimum absolute atomic E-state index is 0.405. The summed E-state index contributed by atoms with van der Waals surface area (Å²) in [6.07, 6.45) is 4.26. The summed E-state index contributed by atoms with van der Waals surface area (Å²) in [4.78, 5) is 1.12. The number of sulfonamides is 1. The fourth-order valence-corrected chi connectivity index (χ4v) is 5.39. The van der Waals surface area contributed by atoms with Gasteiger partial charge in [0.1, 0.15) is 4.21 Å². The molecule has 0 spiro atoms. The molecule has 120 valence electrons. The van der Waals surface area contributed by atoms with Crippen LogP contribution < -0.4 is 10.0 Å². The predicted molar refractivity (Wildman–Crippen MR) is 88.2 cm³/mol. The Morgan fingerprint density at radius 1 is 1.38 bits per heavy atom. The number of thiophene rings is 1. The maximum atomic E-state index is 12.5. The summed E-state index contributed by atoms with van der Waals surface area (Å²) in [7, 11) is -3.42. The molecule has 0 unspecified atom stereocenters. The van der Waals surface area contributed by atoms with E-state index >= 15 is 0 Å². The number of hydrogen-bond acceptors (Lipinski definition) is 4. The van der Waals surface area contributed by atoms with Gasteiger partial charge in [0.15, 0.2) is 0 Å². The van der Waals surface area contributed by atoms with Gasteiger partial charge in [0.25, 0.3) is 10.0 Å². The zero-order valence-electron chi connectivity index (χ0n) is 13.3. The molecule has 1 fully saturated rings. The molecule has 1 aliphatic carbocycles. The Balaban J connectivity index is 2.10. The van der Waals surface area contributed by atoms with Gasteiger partial charge in [-0.15, -0.1) is 11.3 Å². The van der Waals surface area contributed by atoms with Crippen molar-refractivity contribution in [3.8, 4) is 0 Å². The molecule has 4 nitrogen and oxygen atoms in total. The van der Waals surface area contributed by atoms with Crippen LogP contribution in [0.15, 0.2) is 10.3 Å². The van der Waals surface area contributed by atoms with Crippen molar-refractivity contribution in [3.63, 3.8) is 0 Å². The molecule has 0 saturated heterocycles. The van der Waals surface area contributed by atoms with E-state index in [0.29, 0.717) is 10.3 Å². The molecule has 1 heterocycles. The summed E-state index contributed by atoms with van der Waals surface area (Å²) in [5, 5.41) is 3.44. The van der Waals surface area contributed by atoms with Gasteiger partial charge in [-0.25, -0.2) is 13.1 Å². The highest BCUT2D eigenvalue weighted by atomic mass is 32.2. The lowest BCUT2D eigenvalue weighted by atomic mass is 10.0.